The highest BCUT2D eigenvalue weighted by Crippen LogP contribution is 2.35. The molecule has 1 fully saturated rings. The van der Waals surface area contributed by atoms with Crippen molar-refractivity contribution < 1.29 is 0 Å². The zero-order valence-electron chi connectivity index (χ0n) is 11.4. The van der Waals surface area contributed by atoms with Gasteiger partial charge in [-0.05, 0) is 55.8 Å². The van der Waals surface area contributed by atoms with Gasteiger partial charge in [-0.25, -0.2) is 0 Å². The standard InChI is InChI=1S/C16H25NS/c1-2-13(11-12-17)14-7-9-16(10-8-14)18-15-5-3-4-6-15/h7-10,13,15H,2-6,11-12,17H2,1H3. The zero-order chi connectivity index (χ0) is 12.8. The molecule has 0 amide bonds. The van der Waals surface area contributed by atoms with Crippen LogP contribution in [0.1, 0.15) is 56.9 Å². The molecule has 0 bridgehead atoms. The predicted octanol–water partition coefficient (Wildman–Crippen LogP) is 4.56. The van der Waals surface area contributed by atoms with E-state index in [1.807, 2.05) is 0 Å². The molecule has 0 heterocycles. The van der Waals surface area contributed by atoms with Crippen LogP contribution in [0.2, 0.25) is 0 Å². The van der Waals surface area contributed by atoms with Crippen LogP contribution in [0.25, 0.3) is 0 Å². The second kappa shape index (κ2) is 7.20. The number of hydrogen-bond acceptors (Lipinski definition) is 2. The summed E-state index contributed by atoms with van der Waals surface area (Å²) in [6.45, 7) is 3.04. The fourth-order valence-electron chi connectivity index (χ4n) is 2.82. The third kappa shape index (κ3) is 3.76. The molecular weight excluding hydrogens is 238 g/mol. The first-order valence-corrected chi connectivity index (χ1v) is 8.18. The van der Waals surface area contributed by atoms with Gasteiger partial charge < -0.3 is 5.73 Å². The molecule has 0 aliphatic heterocycles. The van der Waals surface area contributed by atoms with Crippen LogP contribution in [0.5, 0.6) is 0 Å². The number of rotatable bonds is 6. The van der Waals surface area contributed by atoms with Gasteiger partial charge in [0.05, 0.1) is 0 Å². The van der Waals surface area contributed by atoms with Crippen molar-refractivity contribution in [1.82, 2.24) is 0 Å². The van der Waals surface area contributed by atoms with Crippen LogP contribution in [0.15, 0.2) is 29.2 Å². The minimum atomic E-state index is 0.639. The summed E-state index contributed by atoms with van der Waals surface area (Å²) >= 11 is 2.07. The highest BCUT2D eigenvalue weighted by atomic mass is 32.2. The van der Waals surface area contributed by atoms with Gasteiger partial charge in [-0.3, -0.25) is 0 Å². The minimum absolute atomic E-state index is 0.639. The second-order valence-corrected chi connectivity index (χ2v) is 6.65. The van der Waals surface area contributed by atoms with Gasteiger partial charge >= 0.3 is 0 Å². The fourth-order valence-corrected chi connectivity index (χ4v) is 4.07. The van der Waals surface area contributed by atoms with Crippen molar-refractivity contribution in [2.75, 3.05) is 6.54 Å². The van der Waals surface area contributed by atoms with E-state index in [0.29, 0.717) is 5.92 Å². The third-order valence-electron chi connectivity index (χ3n) is 3.96. The van der Waals surface area contributed by atoms with E-state index in [1.165, 1.54) is 42.6 Å². The van der Waals surface area contributed by atoms with Crippen molar-refractivity contribution in [3.05, 3.63) is 29.8 Å². The van der Waals surface area contributed by atoms with E-state index in [0.717, 1.165) is 18.2 Å². The third-order valence-corrected chi connectivity index (χ3v) is 5.31. The molecule has 2 rings (SSSR count). The van der Waals surface area contributed by atoms with Crippen LogP contribution in [0.3, 0.4) is 0 Å². The van der Waals surface area contributed by atoms with E-state index in [2.05, 4.69) is 43.0 Å². The molecule has 1 aromatic rings. The Kier molecular flexibility index (Phi) is 5.58. The van der Waals surface area contributed by atoms with Crippen LogP contribution in [-0.4, -0.2) is 11.8 Å². The summed E-state index contributed by atoms with van der Waals surface area (Å²) in [5, 5.41) is 0.863. The normalized spacial score (nSPS) is 18.1. The Morgan fingerprint density at radius 2 is 1.89 bits per heavy atom. The SMILES string of the molecule is CCC(CCN)c1ccc(SC2CCCC2)cc1. The summed E-state index contributed by atoms with van der Waals surface area (Å²) in [6.07, 6.45) is 7.93. The van der Waals surface area contributed by atoms with Crippen molar-refractivity contribution in [2.45, 2.75) is 61.5 Å². The lowest BCUT2D eigenvalue weighted by Crippen LogP contribution is -2.06. The van der Waals surface area contributed by atoms with Crippen molar-refractivity contribution in [3.8, 4) is 0 Å². The lowest BCUT2D eigenvalue weighted by atomic mass is 9.93. The van der Waals surface area contributed by atoms with Crippen LogP contribution in [-0.2, 0) is 0 Å². The summed E-state index contributed by atoms with van der Waals surface area (Å²) in [5.74, 6) is 0.639. The summed E-state index contributed by atoms with van der Waals surface area (Å²) in [5.41, 5.74) is 7.13. The summed E-state index contributed by atoms with van der Waals surface area (Å²) in [4.78, 5) is 1.44. The van der Waals surface area contributed by atoms with Gasteiger partial charge in [0.25, 0.3) is 0 Å². The Balaban J connectivity index is 1.95. The number of benzene rings is 1. The van der Waals surface area contributed by atoms with Crippen LogP contribution >= 0.6 is 11.8 Å². The molecule has 1 saturated carbocycles. The van der Waals surface area contributed by atoms with E-state index < -0.39 is 0 Å². The number of nitrogens with two attached hydrogens (primary N) is 1. The predicted molar refractivity (Wildman–Crippen MR) is 81.3 cm³/mol. The largest absolute Gasteiger partial charge is 0.330 e. The molecule has 18 heavy (non-hydrogen) atoms. The molecule has 1 unspecified atom stereocenters. The van der Waals surface area contributed by atoms with Gasteiger partial charge in [-0.15, -0.1) is 11.8 Å². The molecule has 100 valence electrons. The Labute approximate surface area is 116 Å². The Morgan fingerprint density at radius 3 is 2.44 bits per heavy atom. The van der Waals surface area contributed by atoms with E-state index in [-0.39, 0.29) is 0 Å². The van der Waals surface area contributed by atoms with Gasteiger partial charge in [0.2, 0.25) is 0 Å². The summed E-state index contributed by atoms with van der Waals surface area (Å²) < 4.78 is 0. The molecule has 0 saturated heterocycles. The van der Waals surface area contributed by atoms with Crippen molar-refractivity contribution in [3.63, 3.8) is 0 Å². The molecule has 0 spiro atoms. The van der Waals surface area contributed by atoms with Gasteiger partial charge in [0, 0.05) is 10.1 Å². The molecule has 1 nitrogen and oxygen atoms in total. The molecule has 2 N–H and O–H groups in total. The molecular formula is C16H25NS. The van der Waals surface area contributed by atoms with E-state index in [4.69, 9.17) is 5.73 Å². The molecule has 1 atom stereocenters. The lowest BCUT2D eigenvalue weighted by Gasteiger charge is -2.15. The minimum Gasteiger partial charge on any atom is -0.330 e. The van der Waals surface area contributed by atoms with Crippen LogP contribution in [0, 0.1) is 0 Å². The van der Waals surface area contributed by atoms with Crippen molar-refractivity contribution in [2.24, 2.45) is 5.73 Å². The monoisotopic (exact) mass is 263 g/mol. The van der Waals surface area contributed by atoms with Gasteiger partial charge in [0.15, 0.2) is 0 Å². The lowest BCUT2D eigenvalue weighted by molar-refractivity contribution is 0.614. The Hall–Kier alpha value is -0.470. The van der Waals surface area contributed by atoms with Crippen molar-refractivity contribution >= 4 is 11.8 Å². The number of hydrogen-bond donors (Lipinski definition) is 1. The van der Waals surface area contributed by atoms with Crippen molar-refractivity contribution in [1.29, 1.82) is 0 Å². The average Bonchev–Trinajstić information content (AvgIpc) is 2.90. The highest BCUT2D eigenvalue weighted by molar-refractivity contribution is 8.00. The highest BCUT2D eigenvalue weighted by Gasteiger charge is 2.16. The van der Waals surface area contributed by atoms with E-state index >= 15 is 0 Å². The zero-order valence-corrected chi connectivity index (χ0v) is 12.2. The molecule has 1 aliphatic rings. The first-order valence-electron chi connectivity index (χ1n) is 7.30. The second-order valence-electron chi connectivity index (χ2n) is 5.28. The molecule has 0 radical (unpaired) electrons. The van der Waals surface area contributed by atoms with E-state index in [9.17, 15) is 0 Å². The van der Waals surface area contributed by atoms with Crippen LogP contribution < -0.4 is 5.73 Å². The molecule has 2 heteroatoms. The molecule has 1 aliphatic carbocycles. The maximum Gasteiger partial charge on any atom is 0.00944 e. The first-order chi connectivity index (χ1) is 8.83. The average molecular weight is 263 g/mol. The van der Waals surface area contributed by atoms with Gasteiger partial charge in [0.1, 0.15) is 0 Å². The summed E-state index contributed by atoms with van der Waals surface area (Å²) in [7, 11) is 0. The summed E-state index contributed by atoms with van der Waals surface area (Å²) in [6, 6.07) is 9.22. The molecule has 1 aromatic carbocycles. The quantitative estimate of drug-likeness (QED) is 0.814. The fraction of sp³-hybridized carbons (Fsp3) is 0.625. The maximum absolute atomic E-state index is 5.68. The number of thioether (sulfide) groups is 1. The smallest absolute Gasteiger partial charge is 0.00944 e. The molecule has 0 aromatic heterocycles. The maximum atomic E-state index is 5.68. The van der Waals surface area contributed by atoms with Crippen LogP contribution in [0.4, 0.5) is 0 Å². The topological polar surface area (TPSA) is 26.0 Å². The van der Waals surface area contributed by atoms with Gasteiger partial charge in [-0.1, -0.05) is 31.9 Å². The van der Waals surface area contributed by atoms with Gasteiger partial charge in [-0.2, -0.15) is 0 Å². The van der Waals surface area contributed by atoms with E-state index in [1.54, 1.807) is 0 Å². The Morgan fingerprint density at radius 1 is 1.22 bits per heavy atom. The first kappa shape index (κ1) is 14.0. The Bertz CT molecular complexity index is 341.